The molecule has 0 saturated heterocycles. The summed E-state index contributed by atoms with van der Waals surface area (Å²) in [7, 11) is 0. The van der Waals surface area contributed by atoms with Gasteiger partial charge in [-0.25, -0.2) is 4.68 Å². The first-order valence-electron chi connectivity index (χ1n) is 8.66. The Hall–Kier alpha value is -2.53. The van der Waals surface area contributed by atoms with Crippen LogP contribution >= 0.6 is 11.8 Å². The number of hydrogen-bond acceptors (Lipinski definition) is 3. The molecule has 1 atom stereocenters. The predicted octanol–water partition coefficient (Wildman–Crippen LogP) is 4.50. The summed E-state index contributed by atoms with van der Waals surface area (Å²) in [5.41, 5.74) is 3.26. The average molecular weight is 366 g/mol. The number of aryl methyl sites for hydroxylation is 1. The van der Waals surface area contributed by atoms with Gasteiger partial charge in [-0.1, -0.05) is 60.7 Å². The minimum atomic E-state index is -0.143. The lowest BCUT2D eigenvalue weighted by molar-refractivity contribution is -0.115. The summed E-state index contributed by atoms with van der Waals surface area (Å²) in [6.07, 6.45) is 0. The molecule has 0 spiro atoms. The van der Waals surface area contributed by atoms with E-state index in [4.69, 9.17) is 0 Å². The van der Waals surface area contributed by atoms with Crippen LogP contribution in [-0.2, 0) is 17.1 Å². The van der Waals surface area contributed by atoms with E-state index in [1.165, 1.54) is 5.56 Å². The van der Waals surface area contributed by atoms with Gasteiger partial charge < -0.3 is 5.32 Å². The largest absolute Gasteiger partial charge is 0.310 e. The molecular formula is C21H23N3OS. The molecule has 3 rings (SSSR count). The van der Waals surface area contributed by atoms with Crippen LogP contribution in [0.1, 0.15) is 23.7 Å². The molecular weight excluding hydrogens is 342 g/mol. The molecule has 0 bridgehead atoms. The van der Waals surface area contributed by atoms with Crippen molar-refractivity contribution in [3.63, 3.8) is 0 Å². The average Bonchev–Trinajstić information content (AvgIpc) is 3.00. The second-order valence-electron chi connectivity index (χ2n) is 6.24. The maximum atomic E-state index is 12.6. The van der Waals surface area contributed by atoms with Crippen molar-refractivity contribution in [1.29, 1.82) is 0 Å². The van der Waals surface area contributed by atoms with Gasteiger partial charge >= 0.3 is 0 Å². The highest BCUT2D eigenvalue weighted by Crippen LogP contribution is 2.20. The lowest BCUT2D eigenvalue weighted by atomic mass is 10.2. The smallest absolute Gasteiger partial charge is 0.238 e. The van der Waals surface area contributed by atoms with E-state index in [9.17, 15) is 4.79 Å². The highest BCUT2D eigenvalue weighted by molar-refractivity contribution is 7.99. The van der Waals surface area contributed by atoms with Crippen molar-refractivity contribution in [2.75, 3.05) is 5.32 Å². The molecule has 1 aromatic heterocycles. The second-order valence-corrected chi connectivity index (χ2v) is 7.57. The van der Waals surface area contributed by atoms with E-state index in [1.54, 1.807) is 11.8 Å². The Morgan fingerprint density at radius 2 is 1.69 bits per heavy atom. The summed E-state index contributed by atoms with van der Waals surface area (Å²) >= 11 is 1.63. The Labute approximate surface area is 158 Å². The Balaban J connectivity index is 1.61. The van der Waals surface area contributed by atoms with Gasteiger partial charge in [0.05, 0.1) is 17.5 Å². The van der Waals surface area contributed by atoms with E-state index in [1.807, 2.05) is 61.0 Å². The molecule has 1 N–H and O–H groups in total. The number of carbonyl (C=O) groups is 1. The SMILES string of the molecule is Cc1cc(NC(=O)C(C)SCc2ccccc2)n(Cc2ccccc2)n1. The molecule has 4 nitrogen and oxygen atoms in total. The molecule has 0 aliphatic heterocycles. The summed E-state index contributed by atoms with van der Waals surface area (Å²) < 4.78 is 1.84. The molecule has 2 aromatic carbocycles. The van der Waals surface area contributed by atoms with E-state index in [-0.39, 0.29) is 11.2 Å². The maximum absolute atomic E-state index is 12.6. The van der Waals surface area contributed by atoms with Crippen molar-refractivity contribution in [3.05, 3.63) is 83.6 Å². The van der Waals surface area contributed by atoms with E-state index >= 15 is 0 Å². The van der Waals surface area contributed by atoms with Crippen LogP contribution in [0.25, 0.3) is 0 Å². The zero-order chi connectivity index (χ0) is 18.4. The molecule has 134 valence electrons. The van der Waals surface area contributed by atoms with Crippen LogP contribution in [0, 0.1) is 6.92 Å². The Morgan fingerprint density at radius 1 is 1.08 bits per heavy atom. The monoisotopic (exact) mass is 365 g/mol. The van der Waals surface area contributed by atoms with Gasteiger partial charge in [0.2, 0.25) is 5.91 Å². The molecule has 5 heteroatoms. The van der Waals surface area contributed by atoms with Gasteiger partial charge in [0.1, 0.15) is 5.82 Å². The van der Waals surface area contributed by atoms with Crippen molar-refractivity contribution < 1.29 is 4.79 Å². The number of aromatic nitrogens is 2. The number of nitrogens with zero attached hydrogens (tertiary/aromatic N) is 2. The number of benzene rings is 2. The van der Waals surface area contributed by atoms with Gasteiger partial charge in [0.15, 0.2) is 0 Å². The zero-order valence-corrected chi connectivity index (χ0v) is 15.9. The second kappa shape index (κ2) is 8.72. The summed E-state index contributed by atoms with van der Waals surface area (Å²) in [5.74, 6) is 1.56. The third-order valence-electron chi connectivity index (χ3n) is 4.04. The number of hydrogen-bond donors (Lipinski definition) is 1. The fraction of sp³-hybridized carbons (Fsp3) is 0.238. The molecule has 0 aliphatic carbocycles. The van der Waals surface area contributed by atoms with Gasteiger partial charge in [-0.2, -0.15) is 5.10 Å². The van der Waals surface area contributed by atoms with Crippen LogP contribution in [0.3, 0.4) is 0 Å². The van der Waals surface area contributed by atoms with Gasteiger partial charge in [-0.05, 0) is 25.0 Å². The predicted molar refractivity (Wildman–Crippen MR) is 108 cm³/mol. The topological polar surface area (TPSA) is 46.9 Å². The molecule has 1 amide bonds. The molecule has 0 saturated carbocycles. The van der Waals surface area contributed by atoms with Crippen molar-refractivity contribution in [1.82, 2.24) is 9.78 Å². The van der Waals surface area contributed by atoms with Crippen molar-refractivity contribution in [2.45, 2.75) is 31.4 Å². The van der Waals surface area contributed by atoms with Gasteiger partial charge in [0, 0.05) is 11.8 Å². The third kappa shape index (κ3) is 4.99. The van der Waals surface area contributed by atoms with E-state index < -0.39 is 0 Å². The van der Waals surface area contributed by atoms with E-state index in [0.29, 0.717) is 6.54 Å². The first-order valence-corrected chi connectivity index (χ1v) is 9.71. The van der Waals surface area contributed by atoms with Crippen molar-refractivity contribution in [2.24, 2.45) is 0 Å². The van der Waals surface area contributed by atoms with E-state index in [0.717, 1.165) is 22.8 Å². The number of nitrogens with one attached hydrogen (secondary N) is 1. The van der Waals surface area contributed by atoms with Crippen LogP contribution < -0.4 is 5.32 Å². The van der Waals surface area contributed by atoms with Crippen molar-refractivity contribution in [3.8, 4) is 0 Å². The zero-order valence-electron chi connectivity index (χ0n) is 15.1. The number of thioether (sulfide) groups is 1. The van der Waals surface area contributed by atoms with Crippen LogP contribution in [0.5, 0.6) is 0 Å². The molecule has 1 unspecified atom stereocenters. The molecule has 3 aromatic rings. The molecule has 0 radical (unpaired) electrons. The summed E-state index contributed by atoms with van der Waals surface area (Å²) in [5, 5.41) is 7.39. The molecule has 1 heterocycles. The van der Waals surface area contributed by atoms with Crippen LogP contribution in [-0.4, -0.2) is 20.9 Å². The highest BCUT2D eigenvalue weighted by atomic mass is 32.2. The van der Waals surface area contributed by atoms with Crippen molar-refractivity contribution >= 4 is 23.5 Å². The molecule has 0 fully saturated rings. The Kier molecular flexibility index (Phi) is 6.12. The van der Waals surface area contributed by atoms with Crippen LogP contribution in [0.2, 0.25) is 0 Å². The fourth-order valence-corrected chi connectivity index (χ4v) is 3.47. The normalized spacial score (nSPS) is 11.9. The van der Waals surface area contributed by atoms with Crippen LogP contribution in [0.4, 0.5) is 5.82 Å². The summed E-state index contributed by atoms with van der Waals surface area (Å²) in [6, 6.07) is 22.2. The number of carbonyl (C=O) groups excluding carboxylic acids is 1. The Bertz CT molecular complexity index is 846. The summed E-state index contributed by atoms with van der Waals surface area (Å²) in [6.45, 7) is 4.51. The standard InChI is InChI=1S/C21H23N3OS/c1-16-13-20(24(23-16)14-18-9-5-3-6-10-18)22-21(25)17(2)26-15-19-11-7-4-8-12-19/h3-13,17H,14-15H2,1-2H3,(H,22,25). The number of rotatable bonds is 7. The lowest BCUT2D eigenvalue weighted by Crippen LogP contribution is -2.24. The minimum absolute atomic E-state index is 0.000132. The first-order chi connectivity index (χ1) is 12.6. The minimum Gasteiger partial charge on any atom is -0.310 e. The first kappa shape index (κ1) is 18.3. The molecule has 0 aliphatic rings. The summed E-state index contributed by atoms with van der Waals surface area (Å²) in [4.78, 5) is 12.6. The quantitative estimate of drug-likeness (QED) is 0.670. The van der Waals surface area contributed by atoms with Gasteiger partial charge in [-0.3, -0.25) is 4.79 Å². The van der Waals surface area contributed by atoms with Crippen LogP contribution in [0.15, 0.2) is 66.7 Å². The number of anilines is 1. The highest BCUT2D eigenvalue weighted by Gasteiger charge is 2.16. The third-order valence-corrected chi connectivity index (χ3v) is 5.25. The van der Waals surface area contributed by atoms with Gasteiger partial charge in [0.25, 0.3) is 0 Å². The van der Waals surface area contributed by atoms with E-state index in [2.05, 4.69) is 34.7 Å². The maximum Gasteiger partial charge on any atom is 0.238 e. The lowest BCUT2D eigenvalue weighted by Gasteiger charge is -2.13. The molecule has 26 heavy (non-hydrogen) atoms. The van der Waals surface area contributed by atoms with Gasteiger partial charge in [-0.15, -0.1) is 11.8 Å². The fourth-order valence-electron chi connectivity index (χ4n) is 2.62. The number of amides is 1. The Morgan fingerprint density at radius 3 is 2.35 bits per heavy atom.